The molecule has 9 heteroatoms. The highest BCUT2D eigenvalue weighted by atomic mass is 19.4. The molecule has 2 aromatic carbocycles. The number of nitrogens with two attached hydrogens (primary N) is 1. The van der Waals surface area contributed by atoms with Crippen LogP contribution >= 0.6 is 0 Å². The number of nitrogen functional groups attached to an aromatic ring is 1. The van der Waals surface area contributed by atoms with E-state index < -0.39 is 17.6 Å². The second-order valence-electron chi connectivity index (χ2n) is 6.12. The fraction of sp³-hybridized carbons (Fsp3) is 0.0952. The maximum atomic E-state index is 14.2. The van der Waals surface area contributed by atoms with Crippen LogP contribution in [0.4, 0.5) is 23.4 Å². The summed E-state index contributed by atoms with van der Waals surface area (Å²) in [6.07, 6.45) is -4.54. The summed E-state index contributed by atoms with van der Waals surface area (Å²) in [4.78, 5) is 4.07. The van der Waals surface area contributed by atoms with Crippen LogP contribution in [0.15, 0.2) is 42.5 Å². The molecule has 150 valence electrons. The topological polar surface area (TPSA) is 95.7 Å². The van der Waals surface area contributed by atoms with Crippen molar-refractivity contribution in [3.8, 4) is 40.3 Å². The molecule has 0 amide bonds. The zero-order valence-corrected chi connectivity index (χ0v) is 15.4. The Morgan fingerprint density at radius 1 is 0.967 bits per heavy atom. The molecule has 0 aliphatic rings. The minimum Gasteiger partial charge on any atom is -0.494 e. The zero-order chi connectivity index (χ0) is 22.1. The lowest BCUT2D eigenvalue weighted by atomic mass is 9.92. The first-order valence-electron chi connectivity index (χ1n) is 8.36. The Bertz CT molecular complexity index is 1210. The number of hydrogen-bond acceptors (Lipinski definition) is 5. The Morgan fingerprint density at radius 3 is 2.07 bits per heavy atom. The molecule has 1 heterocycles. The Hall–Kier alpha value is -4.11. The highest BCUT2D eigenvalue weighted by Gasteiger charge is 2.30. The number of anilines is 1. The first-order valence-corrected chi connectivity index (χ1v) is 8.36. The Kier molecular flexibility index (Phi) is 5.31. The van der Waals surface area contributed by atoms with Crippen molar-refractivity contribution in [1.29, 1.82) is 10.5 Å². The van der Waals surface area contributed by atoms with E-state index in [9.17, 15) is 28.1 Å². The van der Waals surface area contributed by atoms with Crippen LogP contribution in [0, 0.1) is 28.5 Å². The summed E-state index contributed by atoms with van der Waals surface area (Å²) < 4.78 is 57.7. The van der Waals surface area contributed by atoms with E-state index in [0.717, 1.165) is 30.3 Å². The number of ether oxygens (including phenoxy) is 1. The number of rotatable bonds is 3. The number of methoxy groups -OCH3 is 1. The van der Waals surface area contributed by atoms with E-state index in [0.29, 0.717) is 0 Å². The van der Waals surface area contributed by atoms with Crippen molar-refractivity contribution >= 4 is 5.82 Å². The smallest absolute Gasteiger partial charge is 0.416 e. The van der Waals surface area contributed by atoms with Gasteiger partial charge >= 0.3 is 6.18 Å². The van der Waals surface area contributed by atoms with Crippen molar-refractivity contribution in [2.45, 2.75) is 6.18 Å². The van der Waals surface area contributed by atoms with E-state index in [4.69, 9.17) is 10.5 Å². The van der Waals surface area contributed by atoms with E-state index in [1.54, 1.807) is 0 Å². The maximum Gasteiger partial charge on any atom is 0.416 e. The van der Waals surface area contributed by atoms with E-state index in [1.165, 1.54) is 19.2 Å². The number of nitrogens with zero attached hydrogens (tertiary/aromatic N) is 3. The molecule has 0 aliphatic heterocycles. The molecule has 0 bridgehead atoms. The standard InChI is InChI=1S/C21H12F4N4O/c1-30-17-7-4-12(8-16(17)22)19-14(9-26)18(15(10-27)20(28)29-19)11-2-5-13(6-3-11)21(23,24)25/h2-8H,1H3,(H2,28,29). The second-order valence-corrected chi connectivity index (χ2v) is 6.12. The Morgan fingerprint density at radius 2 is 1.57 bits per heavy atom. The molecule has 2 N–H and O–H groups in total. The van der Waals surface area contributed by atoms with Gasteiger partial charge in [0.05, 0.1) is 23.9 Å². The molecule has 5 nitrogen and oxygen atoms in total. The van der Waals surface area contributed by atoms with Crippen molar-refractivity contribution in [3.05, 3.63) is 65.0 Å². The van der Waals surface area contributed by atoms with Crippen molar-refractivity contribution in [3.63, 3.8) is 0 Å². The summed E-state index contributed by atoms with van der Waals surface area (Å²) in [5.41, 5.74) is 5.08. The lowest BCUT2D eigenvalue weighted by molar-refractivity contribution is -0.137. The van der Waals surface area contributed by atoms with Crippen molar-refractivity contribution in [1.82, 2.24) is 4.98 Å². The van der Waals surface area contributed by atoms with Crippen LogP contribution in [-0.2, 0) is 6.18 Å². The SMILES string of the molecule is COc1ccc(-c2nc(N)c(C#N)c(-c3ccc(C(F)(F)F)cc3)c2C#N)cc1F. The van der Waals surface area contributed by atoms with Gasteiger partial charge in [-0.1, -0.05) is 12.1 Å². The van der Waals surface area contributed by atoms with Crippen molar-refractivity contribution in [2.24, 2.45) is 0 Å². The van der Waals surface area contributed by atoms with E-state index in [-0.39, 0.29) is 45.1 Å². The van der Waals surface area contributed by atoms with Crippen LogP contribution in [0.1, 0.15) is 16.7 Å². The van der Waals surface area contributed by atoms with Gasteiger partial charge in [0.15, 0.2) is 11.6 Å². The fourth-order valence-corrected chi connectivity index (χ4v) is 2.96. The van der Waals surface area contributed by atoms with Gasteiger partial charge < -0.3 is 10.5 Å². The predicted octanol–water partition coefficient (Wildman–Crippen LogP) is 4.91. The number of nitriles is 2. The minimum atomic E-state index is -4.54. The summed E-state index contributed by atoms with van der Waals surface area (Å²) >= 11 is 0. The normalized spacial score (nSPS) is 10.9. The predicted molar refractivity (Wildman–Crippen MR) is 100 cm³/mol. The molecule has 0 atom stereocenters. The van der Waals surface area contributed by atoms with Crippen LogP contribution in [0.25, 0.3) is 22.4 Å². The third-order valence-corrected chi connectivity index (χ3v) is 4.37. The van der Waals surface area contributed by atoms with Gasteiger partial charge in [-0.15, -0.1) is 0 Å². The number of aromatic nitrogens is 1. The number of pyridine rings is 1. The van der Waals surface area contributed by atoms with Crippen molar-refractivity contribution in [2.75, 3.05) is 12.8 Å². The van der Waals surface area contributed by atoms with E-state index in [2.05, 4.69) is 4.98 Å². The van der Waals surface area contributed by atoms with Crippen LogP contribution in [0.5, 0.6) is 5.75 Å². The average Bonchev–Trinajstić information content (AvgIpc) is 2.72. The molecule has 30 heavy (non-hydrogen) atoms. The molecule has 3 aromatic rings. The molecular weight excluding hydrogens is 400 g/mol. The summed E-state index contributed by atoms with van der Waals surface area (Å²) in [5, 5.41) is 19.3. The van der Waals surface area contributed by atoms with Gasteiger partial charge in [0.1, 0.15) is 23.5 Å². The van der Waals surface area contributed by atoms with Gasteiger partial charge in [0.25, 0.3) is 0 Å². The fourth-order valence-electron chi connectivity index (χ4n) is 2.96. The lowest BCUT2D eigenvalue weighted by Crippen LogP contribution is -2.06. The number of benzene rings is 2. The number of alkyl halides is 3. The monoisotopic (exact) mass is 412 g/mol. The van der Waals surface area contributed by atoms with Gasteiger partial charge in [-0.25, -0.2) is 9.37 Å². The quantitative estimate of drug-likeness (QED) is 0.617. The lowest BCUT2D eigenvalue weighted by Gasteiger charge is -2.15. The van der Waals surface area contributed by atoms with Crippen LogP contribution in [0.2, 0.25) is 0 Å². The van der Waals surface area contributed by atoms with Gasteiger partial charge in [-0.3, -0.25) is 0 Å². The molecule has 0 saturated heterocycles. The number of halogens is 4. The summed E-state index contributed by atoms with van der Waals surface area (Å²) in [6, 6.07) is 11.6. The molecule has 0 unspecified atom stereocenters. The first-order chi connectivity index (χ1) is 14.2. The molecule has 0 saturated carbocycles. The maximum absolute atomic E-state index is 14.2. The van der Waals surface area contributed by atoms with Gasteiger partial charge in [0.2, 0.25) is 0 Å². The molecular formula is C21H12F4N4O. The molecule has 1 aromatic heterocycles. The summed E-state index contributed by atoms with van der Waals surface area (Å²) in [5.74, 6) is -0.973. The molecule has 3 rings (SSSR count). The Labute approximate surface area is 168 Å². The minimum absolute atomic E-state index is 0.00884. The highest BCUT2D eigenvalue weighted by molar-refractivity contribution is 5.87. The van der Waals surface area contributed by atoms with Crippen LogP contribution in [0.3, 0.4) is 0 Å². The van der Waals surface area contributed by atoms with Gasteiger partial charge in [-0.05, 0) is 35.9 Å². The van der Waals surface area contributed by atoms with E-state index in [1.807, 2.05) is 12.1 Å². The molecule has 0 spiro atoms. The molecule has 0 fully saturated rings. The molecule has 0 radical (unpaired) electrons. The van der Waals surface area contributed by atoms with Crippen LogP contribution in [-0.4, -0.2) is 12.1 Å². The summed E-state index contributed by atoms with van der Waals surface area (Å²) in [7, 11) is 1.29. The number of hydrogen-bond donors (Lipinski definition) is 1. The largest absolute Gasteiger partial charge is 0.494 e. The van der Waals surface area contributed by atoms with Crippen LogP contribution < -0.4 is 10.5 Å². The molecule has 0 aliphatic carbocycles. The Balaban J connectivity index is 2.29. The highest BCUT2D eigenvalue weighted by Crippen LogP contribution is 2.38. The second kappa shape index (κ2) is 7.72. The third-order valence-electron chi connectivity index (χ3n) is 4.37. The van der Waals surface area contributed by atoms with Gasteiger partial charge in [0, 0.05) is 11.1 Å². The first kappa shape index (κ1) is 20.6. The van der Waals surface area contributed by atoms with Crippen molar-refractivity contribution < 1.29 is 22.3 Å². The third kappa shape index (κ3) is 3.61. The van der Waals surface area contributed by atoms with E-state index >= 15 is 0 Å². The van der Waals surface area contributed by atoms with Gasteiger partial charge in [-0.2, -0.15) is 23.7 Å². The average molecular weight is 412 g/mol. The zero-order valence-electron chi connectivity index (χ0n) is 15.4. The summed E-state index contributed by atoms with van der Waals surface area (Å²) in [6.45, 7) is 0.